The second-order valence-corrected chi connectivity index (χ2v) is 6.29. The molecule has 0 unspecified atom stereocenters. The molecule has 0 spiro atoms. The molecular weight excluding hydrogens is 298 g/mol. The van der Waals surface area contributed by atoms with E-state index in [1.165, 1.54) is 5.56 Å². The summed E-state index contributed by atoms with van der Waals surface area (Å²) in [5, 5.41) is 9.14. The number of rotatable bonds is 2. The highest BCUT2D eigenvalue weighted by molar-refractivity contribution is 5.93. The standard InChI is InChI=1S/C19H19N5/c1-11-6-5-7-15(8-11)22-16-10-14(4)21-19-17-12(2)9-13(3)20-18(17)23-24(16)19/h5-10,22H,1-4H3. The molecule has 3 aromatic heterocycles. The molecule has 0 amide bonds. The molecule has 0 aliphatic heterocycles. The first-order chi connectivity index (χ1) is 11.5. The third kappa shape index (κ3) is 2.38. The maximum Gasteiger partial charge on any atom is 0.184 e. The first kappa shape index (κ1) is 14.6. The smallest absolute Gasteiger partial charge is 0.184 e. The van der Waals surface area contributed by atoms with E-state index in [9.17, 15) is 0 Å². The lowest BCUT2D eigenvalue weighted by atomic mass is 10.2. The van der Waals surface area contributed by atoms with Crippen molar-refractivity contribution in [2.45, 2.75) is 27.7 Å². The molecule has 0 atom stereocenters. The van der Waals surface area contributed by atoms with E-state index in [1.807, 2.05) is 36.6 Å². The molecule has 120 valence electrons. The monoisotopic (exact) mass is 317 g/mol. The maximum absolute atomic E-state index is 4.69. The second kappa shape index (κ2) is 5.30. The zero-order valence-electron chi connectivity index (χ0n) is 14.3. The number of fused-ring (bicyclic) bond motifs is 3. The predicted octanol–water partition coefficient (Wildman–Crippen LogP) is 4.25. The maximum atomic E-state index is 4.69. The Bertz CT molecular complexity index is 1080. The lowest BCUT2D eigenvalue weighted by molar-refractivity contribution is 0.944. The van der Waals surface area contributed by atoms with Gasteiger partial charge in [-0.25, -0.2) is 9.97 Å². The van der Waals surface area contributed by atoms with Gasteiger partial charge in [0.15, 0.2) is 11.3 Å². The predicted molar refractivity (Wildman–Crippen MR) is 97.0 cm³/mol. The van der Waals surface area contributed by atoms with Gasteiger partial charge in [0, 0.05) is 23.1 Å². The summed E-state index contributed by atoms with van der Waals surface area (Å²) < 4.78 is 1.85. The summed E-state index contributed by atoms with van der Waals surface area (Å²) in [5.74, 6) is 0.887. The number of nitrogens with one attached hydrogen (secondary N) is 1. The van der Waals surface area contributed by atoms with Crippen LogP contribution in [-0.2, 0) is 0 Å². The van der Waals surface area contributed by atoms with Crippen molar-refractivity contribution in [3.8, 4) is 0 Å². The first-order valence-electron chi connectivity index (χ1n) is 7.99. The van der Waals surface area contributed by atoms with Gasteiger partial charge in [-0.1, -0.05) is 12.1 Å². The molecule has 0 aliphatic carbocycles. The van der Waals surface area contributed by atoms with Gasteiger partial charge >= 0.3 is 0 Å². The Morgan fingerprint density at radius 3 is 2.50 bits per heavy atom. The van der Waals surface area contributed by atoms with E-state index in [1.54, 1.807) is 0 Å². The zero-order chi connectivity index (χ0) is 16.8. The summed E-state index contributed by atoms with van der Waals surface area (Å²) in [5.41, 5.74) is 6.87. The number of aromatic nitrogens is 4. The highest BCUT2D eigenvalue weighted by Crippen LogP contribution is 2.26. The van der Waals surface area contributed by atoms with Gasteiger partial charge in [-0.05, 0) is 57.0 Å². The molecule has 0 fully saturated rings. The van der Waals surface area contributed by atoms with Gasteiger partial charge in [-0.2, -0.15) is 4.52 Å². The van der Waals surface area contributed by atoms with Gasteiger partial charge in [0.2, 0.25) is 0 Å². The number of pyridine rings is 1. The highest BCUT2D eigenvalue weighted by Gasteiger charge is 2.14. The van der Waals surface area contributed by atoms with Crippen molar-refractivity contribution >= 4 is 28.2 Å². The molecule has 5 heteroatoms. The summed E-state index contributed by atoms with van der Waals surface area (Å²) in [6, 6.07) is 12.4. The Morgan fingerprint density at radius 1 is 0.917 bits per heavy atom. The van der Waals surface area contributed by atoms with Crippen LogP contribution in [0.2, 0.25) is 0 Å². The van der Waals surface area contributed by atoms with Crippen molar-refractivity contribution in [1.29, 1.82) is 0 Å². The lowest BCUT2D eigenvalue weighted by Gasteiger charge is -2.10. The largest absolute Gasteiger partial charge is 0.340 e. The zero-order valence-corrected chi connectivity index (χ0v) is 14.3. The number of hydrogen-bond donors (Lipinski definition) is 1. The number of anilines is 2. The summed E-state index contributed by atoms with van der Waals surface area (Å²) in [6.07, 6.45) is 0. The highest BCUT2D eigenvalue weighted by atomic mass is 15.3. The summed E-state index contributed by atoms with van der Waals surface area (Å²) in [6.45, 7) is 8.14. The van der Waals surface area contributed by atoms with Crippen molar-refractivity contribution in [3.63, 3.8) is 0 Å². The van der Waals surface area contributed by atoms with Gasteiger partial charge in [0.05, 0.1) is 5.39 Å². The fourth-order valence-electron chi connectivity index (χ4n) is 3.10. The van der Waals surface area contributed by atoms with Crippen LogP contribution in [0.1, 0.15) is 22.5 Å². The van der Waals surface area contributed by atoms with Crippen molar-refractivity contribution in [1.82, 2.24) is 19.6 Å². The van der Waals surface area contributed by atoms with E-state index in [4.69, 9.17) is 4.98 Å². The molecule has 4 rings (SSSR count). The molecule has 1 N–H and O–H groups in total. The van der Waals surface area contributed by atoms with Crippen LogP contribution >= 0.6 is 0 Å². The van der Waals surface area contributed by atoms with Crippen LogP contribution in [0.5, 0.6) is 0 Å². The van der Waals surface area contributed by atoms with Crippen molar-refractivity contribution in [3.05, 3.63) is 58.9 Å². The molecule has 0 saturated carbocycles. The van der Waals surface area contributed by atoms with E-state index < -0.39 is 0 Å². The lowest BCUT2D eigenvalue weighted by Crippen LogP contribution is -2.02. The van der Waals surface area contributed by atoms with Crippen molar-refractivity contribution in [2.24, 2.45) is 0 Å². The first-order valence-corrected chi connectivity index (χ1v) is 7.99. The average Bonchev–Trinajstić information content (AvgIpc) is 2.85. The van der Waals surface area contributed by atoms with Crippen LogP contribution in [0.4, 0.5) is 11.5 Å². The normalized spacial score (nSPS) is 11.3. The molecular formula is C19H19N5. The molecule has 0 aliphatic rings. The Hall–Kier alpha value is -2.95. The van der Waals surface area contributed by atoms with Gasteiger partial charge in [0.25, 0.3) is 0 Å². The summed E-state index contributed by atoms with van der Waals surface area (Å²) >= 11 is 0. The van der Waals surface area contributed by atoms with Crippen LogP contribution in [0.3, 0.4) is 0 Å². The molecule has 24 heavy (non-hydrogen) atoms. The summed E-state index contributed by atoms with van der Waals surface area (Å²) in [7, 11) is 0. The van der Waals surface area contributed by atoms with E-state index >= 15 is 0 Å². The third-order valence-corrected chi connectivity index (χ3v) is 4.09. The van der Waals surface area contributed by atoms with Crippen LogP contribution in [0.15, 0.2) is 36.4 Å². The second-order valence-electron chi connectivity index (χ2n) is 6.29. The molecule has 0 bridgehead atoms. The van der Waals surface area contributed by atoms with Crippen molar-refractivity contribution < 1.29 is 0 Å². The van der Waals surface area contributed by atoms with Crippen LogP contribution in [0, 0.1) is 27.7 Å². The van der Waals surface area contributed by atoms with Crippen LogP contribution in [-0.4, -0.2) is 19.6 Å². The van der Waals surface area contributed by atoms with E-state index in [-0.39, 0.29) is 0 Å². The molecule has 0 saturated heterocycles. The quantitative estimate of drug-likeness (QED) is 0.600. The molecule has 4 aromatic rings. The minimum Gasteiger partial charge on any atom is -0.340 e. The molecule has 5 nitrogen and oxygen atoms in total. The Labute approximate surface area is 140 Å². The van der Waals surface area contributed by atoms with E-state index in [0.29, 0.717) is 0 Å². The van der Waals surface area contributed by atoms with Crippen LogP contribution in [0.25, 0.3) is 16.7 Å². The average molecular weight is 317 g/mol. The van der Waals surface area contributed by atoms with E-state index in [0.717, 1.165) is 45.1 Å². The fraction of sp³-hybridized carbons (Fsp3) is 0.211. The molecule has 0 radical (unpaired) electrons. The van der Waals surface area contributed by atoms with Crippen LogP contribution < -0.4 is 5.32 Å². The Morgan fingerprint density at radius 2 is 1.71 bits per heavy atom. The minimum atomic E-state index is 0.734. The van der Waals surface area contributed by atoms with Gasteiger partial charge in [0.1, 0.15) is 5.82 Å². The SMILES string of the molecule is Cc1cccc(Nc2cc(C)nc3c4c(C)cc(C)nc4nn23)c1. The third-order valence-electron chi connectivity index (χ3n) is 4.09. The topological polar surface area (TPSA) is 55.1 Å². The van der Waals surface area contributed by atoms with Crippen molar-refractivity contribution in [2.75, 3.05) is 5.32 Å². The molecule has 1 aromatic carbocycles. The molecule has 3 heterocycles. The Kier molecular flexibility index (Phi) is 3.23. The number of nitrogens with zero attached hydrogens (tertiary/aromatic N) is 4. The number of hydrogen-bond acceptors (Lipinski definition) is 4. The van der Waals surface area contributed by atoms with E-state index in [2.05, 4.69) is 47.4 Å². The minimum absolute atomic E-state index is 0.734. The number of aryl methyl sites for hydroxylation is 4. The summed E-state index contributed by atoms with van der Waals surface area (Å²) in [4.78, 5) is 9.26. The van der Waals surface area contributed by atoms with Gasteiger partial charge < -0.3 is 5.32 Å². The van der Waals surface area contributed by atoms with Gasteiger partial charge in [-0.3, -0.25) is 0 Å². The fourth-order valence-corrected chi connectivity index (χ4v) is 3.10. The number of benzene rings is 1. The van der Waals surface area contributed by atoms with Gasteiger partial charge in [-0.15, -0.1) is 5.10 Å². The Balaban J connectivity index is 1.97.